The molecule has 0 aromatic heterocycles. The lowest BCUT2D eigenvalue weighted by atomic mass is 10.0. The van der Waals surface area contributed by atoms with Crippen LogP contribution in [-0.2, 0) is 14.3 Å². The maximum atomic E-state index is 13.2. The largest absolute Gasteiger partial charge is 0.453 e. The lowest BCUT2D eigenvalue weighted by molar-refractivity contribution is -0.140. The van der Waals surface area contributed by atoms with Crippen LogP contribution in [0.4, 0.5) is 10.5 Å². The molecule has 0 heterocycles. The summed E-state index contributed by atoms with van der Waals surface area (Å²) in [6.07, 6.45) is -0.684. The van der Waals surface area contributed by atoms with E-state index in [9.17, 15) is 14.4 Å². The van der Waals surface area contributed by atoms with Crippen LogP contribution in [0.3, 0.4) is 0 Å². The summed E-state index contributed by atoms with van der Waals surface area (Å²) in [6.45, 7) is 7.46. The predicted molar refractivity (Wildman–Crippen MR) is 139 cm³/mol. The molecular formula is C28H33N3O4. The quantitative estimate of drug-likeness (QED) is 0.477. The first-order valence-electron chi connectivity index (χ1n) is 11.8. The van der Waals surface area contributed by atoms with Gasteiger partial charge in [-0.3, -0.25) is 9.59 Å². The Labute approximate surface area is 206 Å². The third kappa shape index (κ3) is 6.18. The first-order valence-corrected chi connectivity index (χ1v) is 11.8. The van der Waals surface area contributed by atoms with Crippen molar-refractivity contribution in [1.82, 2.24) is 10.2 Å². The lowest BCUT2D eigenvalue weighted by Crippen LogP contribution is -2.55. The first kappa shape index (κ1) is 25.7. The number of likely N-dealkylation sites (N-methyl/N-ethyl adjacent to an activating group) is 1. The van der Waals surface area contributed by atoms with E-state index in [1.54, 1.807) is 13.8 Å². The Hall–Kier alpha value is -3.87. The van der Waals surface area contributed by atoms with Gasteiger partial charge in [0.2, 0.25) is 11.8 Å². The van der Waals surface area contributed by atoms with Crippen molar-refractivity contribution in [2.24, 2.45) is 5.92 Å². The highest BCUT2D eigenvalue weighted by molar-refractivity contribution is 6.00. The highest BCUT2D eigenvalue weighted by Gasteiger charge is 2.33. The summed E-state index contributed by atoms with van der Waals surface area (Å²) < 4.78 is 4.65. The zero-order valence-corrected chi connectivity index (χ0v) is 20.9. The Morgan fingerprint density at radius 3 is 2.17 bits per heavy atom. The van der Waals surface area contributed by atoms with Crippen LogP contribution >= 0.6 is 0 Å². The first-order chi connectivity index (χ1) is 16.7. The fourth-order valence-corrected chi connectivity index (χ4v) is 4.02. The SMILES string of the molecule is CCN(C(=O)C(NC(=O)OC)C(C)C)C(C)C(=O)Nc1ccc2cc(-c3ccccc3)ccc2c1. The third-order valence-corrected chi connectivity index (χ3v) is 6.08. The monoisotopic (exact) mass is 475 g/mol. The summed E-state index contributed by atoms with van der Waals surface area (Å²) in [7, 11) is 1.25. The van der Waals surface area contributed by atoms with Gasteiger partial charge in [0.15, 0.2) is 0 Å². The van der Waals surface area contributed by atoms with Gasteiger partial charge < -0.3 is 20.3 Å². The van der Waals surface area contributed by atoms with E-state index >= 15 is 0 Å². The molecule has 0 bridgehead atoms. The summed E-state index contributed by atoms with van der Waals surface area (Å²) in [6, 6.07) is 20.6. The van der Waals surface area contributed by atoms with Crippen LogP contribution in [-0.4, -0.2) is 48.5 Å². The van der Waals surface area contributed by atoms with Gasteiger partial charge in [-0.05, 0) is 59.9 Å². The smallest absolute Gasteiger partial charge is 0.407 e. The molecule has 35 heavy (non-hydrogen) atoms. The second-order valence-corrected chi connectivity index (χ2v) is 8.79. The number of anilines is 1. The molecule has 3 rings (SSSR count). The topological polar surface area (TPSA) is 87.7 Å². The van der Waals surface area contributed by atoms with Crippen molar-refractivity contribution in [2.75, 3.05) is 19.0 Å². The van der Waals surface area contributed by atoms with Gasteiger partial charge in [-0.25, -0.2) is 4.79 Å². The highest BCUT2D eigenvalue weighted by atomic mass is 16.5. The Bertz CT molecular complexity index is 1190. The number of nitrogens with zero attached hydrogens (tertiary/aromatic N) is 1. The predicted octanol–water partition coefficient (Wildman–Crippen LogP) is 5.06. The van der Waals surface area contributed by atoms with Gasteiger partial charge in [-0.2, -0.15) is 0 Å². The zero-order chi connectivity index (χ0) is 25.5. The van der Waals surface area contributed by atoms with E-state index in [0.29, 0.717) is 12.2 Å². The summed E-state index contributed by atoms with van der Waals surface area (Å²) in [4.78, 5) is 39.4. The minimum Gasteiger partial charge on any atom is -0.453 e. The average Bonchev–Trinajstić information content (AvgIpc) is 2.87. The second kappa shape index (κ2) is 11.5. The molecule has 0 saturated carbocycles. The van der Waals surface area contributed by atoms with Crippen molar-refractivity contribution >= 4 is 34.4 Å². The third-order valence-electron chi connectivity index (χ3n) is 6.08. The maximum Gasteiger partial charge on any atom is 0.407 e. The molecule has 0 aliphatic heterocycles. The minimum atomic E-state index is -0.794. The summed E-state index contributed by atoms with van der Waals surface area (Å²) in [5.74, 6) is -0.810. The Balaban J connectivity index is 1.75. The van der Waals surface area contributed by atoms with E-state index < -0.39 is 18.2 Å². The summed E-state index contributed by atoms with van der Waals surface area (Å²) >= 11 is 0. The van der Waals surface area contributed by atoms with E-state index in [1.807, 2.05) is 56.3 Å². The number of hydrogen-bond donors (Lipinski definition) is 2. The van der Waals surface area contributed by atoms with Crippen LogP contribution in [0.25, 0.3) is 21.9 Å². The number of nitrogens with one attached hydrogen (secondary N) is 2. The van der Waals surface area contributed by atoms with E-state index in [2.05, 4.69) is 39.6 Å². The van der Waals surface area contributed by atoms with E-state index in [-0.39, 0.29) is 17.7 Å². The van der Waals surface area contributed by atoms with Gasteiger partial charge in [0.05, 0.1) is 7.11 Å². The van der Waals surface area contributed by atoms with Gasteiger partial charge in [0.1, 0.15) is 12.1 Å². The fraction of sp³-hybridized carbons (Fsp3) is 0.321. The number of alkyl carbamates (subject to hydrolysis) is 1. The number of methoxy groups -OCH3 is 1. The van der Waals surface area contributed by atoms with E-state index in [4.69, 9.17) is 0 Å². The lowest BCUT2D eigenvalue weighted by Gasteiger charge is -2.32. The standard InChI is InChI=1S/C28H33N3O4/c1-6-31(27(33)25(18(2)3)30-28(34)35-5)19(4)26(32)29-24-15-14-22-16-21(12-13-23(22)17-24)20-10-8-7-9-11-20/h7-19,25H,6H2,1-5H3,(H,29,32)(H,30,34). The average molecular weight is 476 g/mol. The molecule has 3 aromatic carbocycles. The zero-order valence-electron chi connectivity index (χ0n) is 20.9. The molecule has 7 heteroatoms. The van der Waals surface area contributed by atoms with Crippen LogP contribution in [0.1, 0.15) is 27.7 Å². The molecule has 3 aromatic rings. The van der Waals surface area contributed by atoms with Crippen molar-refractivity contribution in [3.63, 3.8) is 0 Å². The Kier molecular flexibility index (Phi) is 8.47. The van der Waals surface area contributed by atoms with Gasteiger partial charge >= 0.3 is 6.09 Å². The van der Waals surface area contributed by atoms with Crippen LogP contribution in [0.15, 0.2) is 66.7 Å². The van der Waals surface area contributed by atoms with Gasteiger partial charge in [-0.1, -0.05) is 62.4 Å². The van der Waals surface area contributed by atoms with Crippen LogP contribution in [0, 0.1) is 5.92 Å². The number of rotatable bonds is 8. The number of carbonyl (C=O) groups is 3. The van der Waals surface area contributed by atoms with Gasteiger partial charge in [0, 0.05) is 12.2 Å². The molecule has 7 nitrogen and oxygen atoms in total. The number of fused-ring (bicyclic) bond motifs is 1. The molecule has 0 aliphatic carbocycles. The number of amides is 3. The molecule has 0 radical (unpaired) electrons. The molecule has 2 unspecified atom stereocenters. The van der Waals surface area contributed by atoms with E-state index in [1.165, 1.54) is 12.0 Å². The van der Waals surface area contributed by atoms with Gasteiger partial charge in [0.25, 0.3) is 0 Å². The second-order valence-electron chi connectivity index (χ2n) is 8.79. The van der Waals surface area contributed by atoms with Gasteiger partial charge in [-0.15, -0.1) is 0 Å². The van der Waals surface area contributed by atoms with Crippen molar-refractivity contribution in [1.29, 1.82) is 0 Å². The molecule has 3 amide bonds. The molecule has 0 spiro atoms. The Morgan fingerprint density at radius 2 is 1.54 bits per heavy atom. The van der Waals surface area contributed by atoms with E-state index in [0.717, 1.165) is 21.9 Å². The number of ether oxygens (including phenoxy) is 1. The summed E-state index contributed by atoms with van der Waals surface area (Å²) in [5.41, 5.74) is 2.92. The van der Waals surface area contributed by atoms with Crippen LogP contribution in [0.5, 0.6) is 0 Å². The molecule has 184 valence electrons. The molecule has 0 saturated heterocycles. The summed E-state index contributed by atoms with van der Waals surface area (Å²) in [5, 5.41) is 7.57. The minimum absolute atomic E-state index is 0.174. The normalized spacial score (nSPS) is 12.6. The molecule has 0 aliphatic rings. The van der Waals surface area contributed by atoms with Crippen molar-refractivity contribution < 1.29 is 19.1 Å². The van der Waals surface area contributed by atoms with Crippen molar-refractivity contribution in [3.8, 4) is 11.1 Å². The van der Waals surface area contributed by atoms with Crippen LogP contribution < -0.4 is 10.6 Å². The molecule has 2 atom stereocenters. The Morgan fingerprint density at radius 1 is 0.886 bits per heavy atom. The van der Waals surface area contributed by atoms with Crippen LogP contribution in [0.2, 0.25) is 0 Å². The van der Waals surface area contributed by atoms with Crippen molar-refractivity contribution in [2.45, 2.75) is 39.8 Å². The molecular weight excluding hydrogens is 442 g/mol. The molecule has 0 fully saturated rings. The highest BCUT2D eigenvalue weighted by Crippen LogP contribution is 2.26. The number of benzene rings is 3. The molecule has 2 N–H and O–H groups in total. The van der Waals surface area contributed by atoms with Crippen molar-refractivity contribution in [3.05, 3.63) is 66.7 Å². The maximum absolute atomic E-state index is 13.2. The number of hydrogen-bond acceptors (Lipinski definition) is 4. The number of carbonyl (C=O) groups excluding carboxylic acids is 3. The fourth-order valence-electron chi connectivity index (χ4n) is 4.02.